The van der Waals surface area contributed by atoms with Crippen LogP contribution < -0.4 is 10.3 Å². The predicted octanol–water partition coefficient (Wildman–Crippen LogP) is 7.70. The van der Waals surface area contributed by atoms with Gasteiger partial charge in [-0.15, -0.1) is 0 Å². The summed E-state index contributed by atoms with van der Waals surface area (Å²) in [5.74, 6) is -5.20. The third-order valence-electron chi connectivity index (χ3n) is 11.7. The first-order chi connectivity index (χ1) is 25.2. The molecule has 2 aliphatic carbocycles. The molecule has 6 atom stereocenters. The van der Waals surface area contributed by atoms with Gasteiger partial charge in [0, 0.05) is 21.9 Å². The number of imide groups is 2. The summed E-state index contributed by atoms with van der Waals surface area (Å²) in [4.78, 5) is 60.1. The molecule has 2 N–H and O–H groups in total. The van der Waals surface area contributed by atoms with Crippen LogP contribution in [0.5, 0.6) is 5.75 Å². The molecule has 52 heavy (non-hydrogen) atoms. The molecule has 0 bridgehead atoms. The number of hydrogen-bond donors (Lipinski definition) is 2. The normalized spacial score (nSPS) is 26.7. The minimum Gasteiger partial charge on any atom is -0.507 e. The molecule has 8 nitrogen and oxygen atoms in total. The Labute approximate surface area is 305 Å². The molecule has 1 saturated carbocycles. The molecule has 9 heteroatoms. The van der Waals surface area contributed by atoms with Crippen molar-refractivity contribution in [2.45, 2.75) is 31.1 Å². The summed E-state index contributed by atoms with van der Waals surface area (Å²) >= 11 is 6.15. The second-order valence-electron chi connectivity index (χ2n) is 14.3. The van der Waals surface area contributed by atoms with E-state index in [1.807, 2.05) is 104 Å². The summed E-state index contributed by atoms with van der Waals surface area (Å²) in [7, 11) is 0. The Balaban J connectivity index is 1.26. The average molecular weight is 708 g/mol. The van der Waals surface area contributed by atoms with Crippen LogP contribution in [0.25, 0.3) is 10.8 Å². The highest BCUT2D eigenvalue weighted by Gasteiger charge is 2.70. The summed E-state index contributed by atoms with van der Waals surface area (Å²) in [6.07, 6.45) is 2.44. The fraction of sp³-hybridized carbons (Fsp3) is 0.209. The second-order valence-corrected chi connectivity index (χ2v) is 14.7. The lowest BCUT2D eigenvalue weighted by Crippen LogP contribution is -2.53. The maximum Gasteiger partial charge on any atom is 0.260 e. The topological polar surface area (TPSA) is 107 Å². The van der Waals surface area contributed by atoms with Crippen molar-refractivity contribution < 1.29 is 24.3 Å². The number of amides is 4. The maximum atomic E-state index is 15.4. The third kappa shape index (κ3) is 4.53. The molecule has 2 aliphatic heterocycles. The first-order valence-corrected chi connectivity index (χ1v) is 17.9. The quantitative estimate of drug-likeness (QED) is 0.143. The number of rotatable bonds is 5. The van der Waals surface area contributed by atoms with Gasteiger partial charge in [0.15, 0.2) is 0 Å². The van der Waals surface area contributed by atoms with E-state index in [1.54, 1.807) is 24.3 Å². The number of nitrogens with one attached hydrogen (secondary N) is 1. The number of aromatic hydroxyl groups is 1. The van der Waals surface area contributed by atoms with Crippen LogP contribution in [-0.4, -0.2) is 33.7 Å². The number of hydrogen-bond acceptors (Lipinski definition) is 6. The number of carbonyl (C=O) groups is 4. The molecular weight excluding hydrogens is 674 g/mol. The van der Waals surface area contributed by atoms with Gasteiger partial charge >= 0.3 is 0 Å². The molecule has 5 aromatic rings. The Morgan fingerprint density at radius 3 is 2.23 bits per heavy atom. The number of phenols is 1. The lowest BCUT2D eigenvalue weighted by Gasteiger charge is -2.50. The van der Waals surface area contributed by atoms with Crippen LogP contribution >= 0.6 is 11.6 Å². The van der Waals surface area contributed by atoms with E-state index < -0.39 is 46.8 Å². The van der Waals surface area contributed by atoms with E-state index in [4.69, 9.17) is 11.6 Å². The zero-order valence-corrected chi connectivity index (χ0v) is 29.0. The Bertz CT molecular complexity index is 2340. The van der Waals surface area contributed by atoms with E-state index in [0.29, 0.717) is 32.9 Å². The maximum absolute atomic E-state index is 15.4. The molecule has 6 unspecified atom stereocenters. The van der Waals surface area contributed by atoms with Crippen LogP contribution in [0.15, 0.2) is 127 Å². The molecule has 5 aromatic carbocycles. The lowest BCUT2D eigenvalue weighted by molar-refractivity contribution is -0.138. The molecule has 2 saturated heterocycles. The second kappa shape index (κ2) is 11.9. The van der Waals surface area contributed by atoms with Crippen LogP contribution in [0.2, 0.25) is 5.02 Å². The number of anilines is 2. The van der Waals surface area contributed by atoms with E-state index in [9.17, 15) is 19.5 Å². The molecule has 4 amide bonds. The van der Waals surface area contributed by atoms with Crippen molar-refractivity contribution in [3.63, 3.8) is 0 Å². The van der Waals surface area contributed by atoms with Gasteiger partial charge in [-0.2, -0.15) is 5.01 Å². The highest BCUT2D eigenvalue weighted by atomic mass is 35.5. The number of allylic oxidation sites excluding steroid dienone is 2. The van der Waals surface area contributed by atoms with Crippen LogP contribution in [0.1, 0.15) is 35.4 Å². The average Bonchev–Trinajstić information content (AvgIpc) is 3.54. The number of nitrogens with zero attached hydrogens (tertiary/aromatic N) is 2. The molecule has 4 aliphatic rings. The Morgan fingerprint density at radius 2 is 1.48 bits per heavy atom. The van der Waals surface area contributed by atoms with Gasteiger partial charge in [0.05, 0.1) is 34.5 Å². The molecule has 2 heterocycles. The van der Waals surface area contributed by atoms with E-state index in [1.165, 1.54) is 4.90 Å². The predicted molar refractivity (Wildman–Crippen MR) is 198 cm³/mol. The number of halogens is 1. The van der Waals surface area contributed by atoms with Gasteiger partial charge in [-0.05, 0) is 73.0 Å². The van der Waals surface area contributed by atoms with Crippen molar-refractivity contribution in [1.82, 2.24) is 5.01 Å². The standard InChI is InChI=1S/C43H34ClN3O5/c1-24-11-16-28(17-12-24)45-47-40(50)35-23-34-31(21-22-32-36(34)41(51)46(39(32)49)29-18-14-27(44)15-19-29)37(43(35,42(47)52)26-8-3-2-4-9-26)33-20-13-25-7-5-6-10-30(25)38(33)48/h2-21,32,34-37,45,48H,22-23H2,1H3. The fourth-order valence-corrected chi connectivity index (χ4v) is 9.57. The third-order valence-corrected chi connectivity index (χ3v) is 12.0. The van der Waals surface area contributed by atoms with E-state index >= 15 is 4.79 Å². The van der Waals surface area contributed by atoms with Crippen LogP contribution in [-0.2, 0) is 24.6 Å². The van der Waals surface area contributed by atoms with Gasteiger partial charge in [-0.3, -0.25) is 29.5 Å². The largest absolute Gasteiger partial charge is 0.507 e. The van der Waals surface area contributed by atoms with Gasteiger partial charge < -0.3 is 5.11 Å². The minimum atomic E-state index is -1.48. The SMILES string of the molecule is Cc1ccc(NN2C(=O)C3CC4C(=CCC5C(=O)N(c6ccc(Cl)cc6)C(=O)C54)C(c4ccc5ccccc5c4O)C3(c3ccccc3)C2=O)cc1. The summed E-state index contributed by atoms with van der Waals surface area (Å²) in [6, 6.07) is 34.6. The Morgan fingerprint density at radius 1 is 0.769 bits per heavy atom. The van der Waals surface area contributed by atoms with Gasteiger partial charge in [0.1, 0.15) is 5.75 Å². The van der Waals surface area contributed by atoms with Crippen molar-refractivity contribution in [1.29, 1.82) is 0 Å². The van der Waals surface area contributed by atoms with E-state index in [0.717, 1.165) is 21.5 Å². The summed E-state index contributed by atoms with van der Waals surface area (Å²) in [6.45, 7) is 1.96. The Kier molecular flexibility index (Phi) is 7.38. The van der Waals surface area contributed by atoms with Crippen molar-refractivity contribution in [3.05, 3.63) is 149 Å². The Hall–Kier alpha value is -5.73. The van der Waals surface area contributed by atoms with Crippen molar-refractivity contribution >= 4 is 57.4 Å². The highest BCUT2D eigenvalue weighted by Crippen LogP contribution is 2.65. The molecule has 0 aromatic heterocycles. The van der Waals surface area contributed by atoms with Crippen molar-refractivity contribution in [3.8, 4) is 5.75 Å². The molecule has 0 radical (unpaired) electrons. The molecule has 3 fully saturated rings. The summed E-state index contributed by atoms with van der Waals surface area (Å²) in [5.41, 5.74) is 5.60. The minimum absolute atomic E-state index is 0.0163. The monoisotopic (exact) mass is 707 g/mol. The van der Waals surface area contributed by atoms with Crippen molar-refractivity contribution in [2.75, 3.05) is 10.3 Å². The van der Waals surface area contributed by atoms with Crippen molar-refractivity contribution in [2.24, 2.45) is 23.7 Å². The summed E-state index contributed by atoms with van der Waals surface area (Å²) in [5, 5.41) is 15.2. The number of fused-ring (bicyclic) bond motifs is 5. The van der Waals surface area contributed by atoms with Gasteiger partial charge in [-0.1, -0.05) is 108 Å². The fourth-order valence-electron chi connectivity index (χ4n) is 9.44. The summed E-state index contributed by atoms with van der Waals surface area (Å²) < 4.78 is 0. The smallest absolute Gasteiger partial charge is 0.260 e. The number of aryl methyl sites for hydroxylation is 1. The highest BCUT2D eigenvalue weighted by molar-refractivity contribution is 6.31. The zero-order valence-electron chi connectivity index (χ0n) is 28.2. The van der Waals surface area contributed by atoms with Crippen LogP contribution in [0.4, 0.5) is 11.4 Å². The molecule has 258 valence electrons. The van der Waals surface area contributed by atoms with Gasteiger partial charge in [-0.25, -0.2) is 0 Å². The van der Waals surface area contributed by atoms with Gasteiger partial charge in [0.2, 0.25) is 11.8 Å². The van der Waals surface area contributed by atoms with Gasteiger partial charge in [0.25, 0.3) is 11.8 Å². The molecule has 0 spiro atoms. The van der Waals surface area contributed by atoms with Crippen LogP contribution in [0, 0.1) is 30.6 Å². The first-order valence-electron chi connectivity index (χ1n) is 17.5. The number of benzene rings is 5. The first kappa shape index (κ1) is 32.2. The zero-order chi connectivity index (χ0) is 35.9. The lowest BCUT2D eigenvalue weighted by atomic mass is 9.49. The number of hydrazine groups is 1. The van der Waals surface area contributed by atoms with Crippen LogP contribution in [0.3, 0.4) is 0 Å². The molecular formula is C43H34ClN3O5. The number of carbonyl (C=O) groups excluding carboxylic acids is 4. The van der Waals surface area contributed by atoms with E-state index in [2.05, 4.69) is 5.43 Å². The van der Waals surface area contributed by atoms with E-state index in [-0.39, 0.29) is 30.4 Å². The number of phenolic OH excluding ortho intramolecular Hbond substituents is 1. The molecule has 9 rings (SSSR count).